The summed E-state index contributed by atoms with van der Waals surface area (Å²) < 4.78 is 0. The van der Waals surface area contributed by atoms with E-state index in [1.807, 2.05) is 32.0 Å². The summed E-state index contributed by atoms with van der Waals surface area (Å²) in [5, 5.41) is 3.35. The van der Waals surface area contributed by atoms with Crippen LogP contribution in [0.15, 0.2) is 6.07 Å². The van der Waals surface area contributed by atoms with E-state index >= 15 is 0 Å². The van der Waals surface area contributed by atoms with Crippen LogP contribution in [0.2, 0.25) is 0 Å². The molecule has 1 aromatic rings. The highest BCUT2D eigenvalue weighted by Gasteiger charge is 2.20. The molecule has 0 saturated carbocycles. The van der Waals surface area contributed by atoms with Crippen LogP contribution in [0.5, 0.6) is 0 Å². The molecule has 1 saturated heterocycles. The van der Waals surface area contributed by atoms with E-state index < -0.39 is 0 Å². The van der Waals surface area contributed by atoms with Gasteiger partial charge in [-0.25, -0.2) is 9.97 Å². The monoisotopic (exact) mass is 206 g/mol. The van der Waals surface area contributed by atoms with Gasteiger partial charge >= 0.3 is 0 Å². The van der Waals surface area contributed by atoms with Crippen LogP contribution in [0.3, 0.4) is 0 Å². The smallest absolute Gasteiger partial charge is 0.135 e. The Kier molecular flexibility index (Phi) is 2.86. The Morgan fingerprint density at radius 1 is 1.40 bits per heavy atom. The third-order valence-electron chi connectivity index (χ3n) is 2.74. The predicted molar refractivity (Wildman–Crippen MR) is 61.3 cm³/mol. The van der Waals surface area contributed by atoms with Gasteiger partial charge in [0.25, 0.3) is 0 Å². The Hall–Kier alpha value is -1.16. The molecule has 2 rings (SSSR count). The van der Waals surface area contributed by atoms with Crippen molar-refractivity contribution in [1.82, 2.24) is 15.3 Å². The van der Waals surface area contributed by atoms with Gasteiger partial charge in [-0.3, -0.25) is 0 Å². The molecule has 82 valence electrons. The number of hydrogen-bond acceptors (Lipinski definition) is 4. The van der Waals surface area contributed by atoms with Gasteiger partial charge in [-0.2, -0.15) is 0 Å². The van der Waals surface area contributed by atoms with E-state index in [2.05, 4.69) is 15.3 Å². The lowest BCUT2D eigenvalue weighted by Crippen LogP contribution is -2.15. The van der Waals surface area contributed by atoms with Crippen molar-refractivity contribution in [3.63, 3.8) is 0 Å². The average Bonchev–Trinajstić information content (AvgIpc) is 2.69. The van der Waals surface area contributed by atoms with E-state index in [1.165, 1.54) is 0 Å². The van der Waals surface area contributed by atoms with Crippen LogP contribution >= 0.6 is 0 Å². The minimum absolute atomic E-state index is 0.489. The van der Waals surface area contributed by atoms with Crippen LogP contribution in [0.1, 0.15) is 23.9 Å². The second kappa shape index (κ2) is 4.14. The molecule has 0 radical (unpaired) electrons. The van der Waals surface area contributed by atoms with Gasteiger partial charge in [-0.15, -0.1) is 0 Å². The first-order valence-corrected chi connectivity index (χ1v) is 5.40. The highest BCUT2D eigenvalue weighted by Crippen LogP contribution is 2.21. The van der Waals surface area contributed by atoms with Crippen molar-refractivity contribution < 1.29 is 0 Å². The second-order valence-corrected chi connectivity index (χ2v) is 4.31. The highest BCUT2D eigenvalue weighted by molar-refractivity contribution is 5.38. The first-order valence-electron chi connectivity index (χ1n) is 5.40. The zero-order valence-electron chi connectivity index (χ0n) is 9.62. The van der Waals surface area contributed by atoms with Crippen molar-refractivity contribution in [2.45, 2.75) is 19.3 Å². The van der Waals surface area contributed by atoms with Gasteiger partial charge in [0.2, 0.25) is 0 Å². The highest BCUT2D eigenvalue weighted by atomic mass is 15.2. The molecule has 1 N–H and O–H groups in total. The van der Waals surface area contributed by atoms with Crippen molar-refractivity contribution in [2.75, 3.05) is 32.1 Å². The SMILES string of the molecule is Cc1cc(N(C)C)nc([C@H]2CCNC2)n1. The molecule has 1 aromatic heterocycles. The maximum atomic E-state index is 4.59. The van der Waals surface area contributed by atoms with Crippen LogP contribution in [0.4, 0.5) is 5.82 Å². The molecule has 0 amide bonds. The summed E-state index contributed by atoms with van der Waals surface area (Å²) in [6.45, 7) is 4.12. The van der Waals surface area contributed by atoms with E-state index in [-0.39, 0.29) is 0 Å². The fraction of sp³-hybridized carbons (Fsp3) is 0.636. The first-order chi connectivity index (χ1) is 7.16. The van der Waals surface area contributed by atoms with Gasteiger partial charge in [0.1, 0.15) is 11.6 Å². The fourth-order valence-electron chi connectivity index (χ4n) is 1.86. The molecule has 4 nitrogen and oxygen atoms in total. The maximum absolute atomic E-state index is 4.59. The normalized spacial score (nSPS) is 20.6. The topological polar surface area (TPSA) is 41.1 Å². The molecular formula is C11H18N4. The number of rotatable bonds is 2. The first kappa shape index (κ1) is 10.4. The molecule has 4 heteroatoms. The maximum Gasteiger partial charge on any atom is 0.135 e. The van der Waals surface area contributed by atoms with Gasteiger partial charge < -0.3 is 10.2 Å². The van der Waals surface area contributed by atoms with E-state index in [1.54, 1.807) is 0 Å². The van der Waals surface area contributed by atoms with Crippen LogP contribution in [-0.2, 0) is 0 Å². The summed E-state index contributed by atoms with van der Waals surface area (Å²) in [4.78, 5) is 11.1. The molecule has 2 heterocycles. The fourth-order valence-corrected chi connectivity index (χ4v) is 1.86. The Morgan fingerprint density at radius 3 is 2.80 bits per heavy atom. The molecule has 0 aliphatic carbocycles. The average molecular weight is 206 g/mol. The van der Waals surface area contributed by atoms with Gasteiger partial charge in [0, 0.05) is 38.3 Å². The van der Waals surface area contributed by atoms with Crippen molar-refractivity contribution in [3.05, 3.63) is 17.6 Å². The van der Waals surface area contributed by atoms with Crippen molar-refractivity contribution in [2.24, 2.45) is 0 Å². The van der Waals surface area contributed by atoms with Gasteiger partial charge in [0.15, 0.2) is 0 Å². The minimum Gasteiger partial charge on any atom is -0.363 e. The summed E-state index contributed by atoms with van der Waals surface area (Å²) in [5.41, 5.74) is 1.05. The van der Waals surface area contributed by atoms with Crippen molar-refractivity contribution in [3.8, 4) is 0 Å². The predicted octanol–water partition coefficient (Wildman–Crippen LogP) is 0.928. The summed E-state index contributed by atoms with van der Waals surface area (Å²) in [5.74, 6) is 2.48. The Balaban J connectivity index is 2.30. The van der Waals surface area contributed by atoms with Crippen molar-refractivity contribution in [1.29, 1.82) is 0 Å². The molecular weight excluding hydrogens is 188 g/mol. The van der Waals surface area contributed by atoms with Gasteiger partial charge in [0.05, 0.1) is 0 Å². The number of nitrogens with one attached hydrogen (secondary N) is 1. The largest absolute Gasteiger partial charge is 0.363 e. The van der Waals surface area contributed by atoms with Crippen LogP contribution in [0.25, 0.3) is 0 Å². The van der Waals surface area contributed by atoms with E-state index in [0.29, 0.717) is 5.92 Å². The molecule has 0 unspecified atom stereocenters. The Labute approximate surface area is 90.7 Å². The zero-order chi connectivity index (χ0) is 10.8. The molecule has 1 aliphatic rings. The lowest BCUT2D eigenvalue weighted by Gasteiger charge is -2.15. The quantitative estimate of drug-likeness (QED) is 0.781. The summed E-state index contributed by atoms with van der Waals surface area (Å²) in [6.07, 6.45) is 1.15. The molecule has 1 aliphatic heterocycles. The minimum atomic E-state index is 0.489. The van der Waals surface area contributed by atoms with E-state index in [9.17, 15) is 0 Å². The number of aromatic nitrogens is 2. The standard InChI is InChI=1S/C11H18N4/c1-8-6-10(15(2)3)14-11(13-8)9-4-5-12-7-9/h6,9,12H,4-5,7H2,1-3H3/t9-/m0/s1. The van der Waals surface area contributed by atoms with Gasteiger partial charge in [-0.05, 0) is 19.9 Å². The Morgan fingerprint density at radius 2 is 2.20 bits per heavy atom. The van der Waals surface area contributed by atoms with Crippen molar-refractivity contribution >= 4 is 5.82 Å². The van der Waals surface area contributed by atoms with Gasteiger partial charge in [-0.1, -0.05) is 0 Å². The molecule has 0 bridgehead atoms. The number of hydrogen-bond donors (Lipinski definition) is 1. The molecule has 0 aromatic carbocycles. The summed E-state index contributed by atoms with van der Waals surface area (Å²) >= 11 is 0. The van der Waals surface area contributed by atoms with Crippen LogP contribution in [-0.4, -0.2) is 37.2 Å². The molecule has 1 atom stereocenters. The lowest BCUT2D eigenvalue weighted by molar-refractivity contribution is 0.695. The Bertz CT molecular complexity index is 342. The molecule has 15 heavy (non-hydrogen) atoms. The number of anilines is 1. The summed E-state index contributed by atoms with van der Waals surface area (Å²) in [7, 11) is 4.02. The lowest BCUT2D eigenvalue weighted by atomic mass is 10.1. The zero-order valence-corrected chi connectivity index (χ0v) is 9.62. The summed E-state index contributed by atoms with van der Waals surface area (Å²) in [6, 6.07) is 2.02. The second-order valence-electron chi connectivity index (χ2n) is 4.31. The number of nitrogens with zero attached hydrogens (tertiary/aromatic N) is 3. The third-order valence-corrected chi connectivity index (χ3v) is 2.74. The van der Waals surface area contributed by atoms with Crippen LogP contribution in [0, 0.1) is 6.92 Å². The molecule has 0 spiro atoms. The van der Waals surface area contributed by atoms with E-state index in [4.69, 9.17) is 0 Å². The van der Waals surface area contributed by atoms with Crippen LogP contribution < -0.4 is 10.2 Å². The molecule has 1 fully saturated rings. The number of aryl methyl sites for hydroxylation is 1. The van der Waals surface area contributed by atoms with E-state index in [0.717, 1.165) is 36.8 Å². The third kappa shape index (κ3) is 2.26.